The highest BCUT2D eigenvalue weighted by Gasteiger charge is 2.30. The Morgan fingerprint density at radius 3 is 2.25 bits per heavy atom. The molecule has 0 aliphatic carbocycles. The second-order valence-electron chi connectivity index (χ2n) is 6.23. The number of ether oxygens (including phenoxy) is 2. The molecule has 1 atom stereocenters. The van der Waals surface area contributed by atoms with Gasteiger partial charge in [-0.05, 0) is 17.7 Å². The molecule has 1 fully saturated rings. The minimum Gasteiger partial charge on any atom is -0.462 e. The van der Waals surface area contributed by atoms with Crippen molar-refractivity contribution >= 4 is 0 Å². The van der Waals surface area contributed by atoms with Gasteiger partial charge in [0.05, 0.1) is 13.2 Å². The van der Waals surface area contributed by atoms with Gasteiger partial charge in [-0.3, -0.25) is 4.90 Å². The summed E-state index contributed by atoms with van der Waals surface area (Å²) in [6, 6.07) is 19.5. The number of aliphatic hydroxyl groups is 1. The summed E-state index contributed by atoms with van der Waals surface area (Å²) in [6.07, 6.45) is 1.02. The van der Waals surface area contributed by atoms with Crippen LogP contribution >= 0.6 is 0 Å². The molecular formula is C20H25NO3. The number of hydrogen-bond acceptors (Lipinski definition) is 4. The highest BCUT2D eigenvalue weighted by molar-refractivity contribution is 5.23. The lowest BCUT2D eigenvalue weighted by Gasteiger charge is -2.33. The van der Waals surface area contributed by atoms with Crippen LogP contribution < -0.4 is 4.74 Å². The lowest BCUT2D eigenvalue weighted by Crippen LogP contribution is -2.44. The highest BCUT2D eigenvalue weighted by atomic mass is 16.6. The second kappa shape index (κ2) is 8.29. The number of rotatable bonds is 7. The van der Waals surface area contributed by atoms with Gasteiger partial charge in [0, 0.05) is 32.5 Å². The van der Waals surface area contributed by atoms with E-state index in [0.29, 0.717) is 18.6 Å². The lowest BCUT2D eigenvalue weighted by molar-refractivity contribution is -0.146. The van der Waals surface area contributed by atoms with Crippen LogP contribution in [0.1, 0.15) is 12.0 Å². The largest absolute Gasteiger partial charge is 0.462 e. The lowest BCUT2D eigenvalue weighted by atomic mass is 10.0. The van der Waals surface area contributed by atoms with Gasteiger partial charge in [0.25, 0.3) is 0 Å². The van der Waals surface area contributed by atoms with E-state index in [1.807, 2.05) is 60.7 Å². The summed E-state index contributed by atoms with van der Waals surface area (Å²) in [5.74, 6) is -0.529. The molecule has 1 heterocycles. The SMILES string of the molecule is OC(CCN1CCOCC1)(Cc1ccccc1)Oc1ccccc1. The number of nitrogens with zero attached hydrogens (tertiary/aromatic N) is 1. The maximum Gasteiger partial charge on any atom is 0.213 e. The molecule has 0 spiro atoms. The minimum absolute atomic E-state index is 0.465. The fraction of sp³-hybridized carbons (Fsp3) is 0.400. The van der Waals surface area contributed by atoms with E-state index in [-0.39, 0.29) is 0 Å². The Hall–Kier alpha value is -1.88. The van der Waals surface area contributed by atoms with Crippen molar-refractivity contribution in [3.05, 3.63) is 66.2 Å². The molecule has 24 heavy (non-hydrogen) atoms. The summed E-state index contributed by atoms with van der Waals surface area (Å²) < 4.78 is 11.4. The van der Waals surface area contributed by atoms with Gasteiger partial charge in [-0.15, -0.1) is 0 Å². The predicted molar refractivity (Wildman–Crippen MR) is 94.0 cm³/mol. The average molecular weight is 327 g/mol. The standard InChI is InChI=1S/C20H25NO3/c22-20(17-18-7-3-1-4-8-18,24-19-9-5-2-6-10-19)11-12-21-13-15-23-16-14-21/h1-10,22H,11-17H2. The molecule has 0 saturated carbocycles. The molecule has 4 heteroatoms. The molecule has 4 nitrogen and oxygen atoms in total. The number of hydrogen-bond donors (Lipinski definition) is 1. The monoisotopic (exact) mass is 327 g/mol. The first-order valence-corrected chi connectivity index (χ1v) is 8.54. The van der Waals surface area contributed by atoms with Crippen LogP contribution in [0.3, 0.4) is 0 Å². The van der Waals surface area contributed by atoms with Crippen molar-refractivity contribution in [3.63, 3.8) is 0 Å². The molecular weight excluding hydrogens is 302 g/mol. The van der Waals surface area contributed by atoms with Crippen molar-refractivity contribution in [2.24, 2.45) is 0 Å². The molecule has 128 valence electrons. The van der Waals surface area contributed by atoms with E-state index in [9.17, 15) is 5.11 Å². The van der Waals surface area contributed by atoms with Crippen LogP contribution in [-0.4, -0.2) is 48.6 Å². The minimum atomic E-state index is -1.22. The number of benzene rings is 2. The average Bonchev–Trinajstić information content (AvgIpc) is 2.63. The molecule has 1 unspecified atom stereocenters. The molecule has 0 aromatic heterocycles. The summed E-state index contributed by atoms with van der Waals surface area (Å²) in [4.78, 5) is 2.31. The Labute approximate surface area is 143 Å². The second-order valence-corrected chi connectivity index (χ2v) is 6.23. The van der Waals surface area contributed by atoms with Gasteiger partial charge >= 0.3 is 0 Å². The first-order chi connectivity index (χ1) is 11.7. The Morgan fingerprint density at radius 2 is 1.58 bits per heavy atom. The predicted octanol–water partition coefficient (Wildman–Crippen LogP) is 2.72. The smallest absolute Gasteiger partial charge is 0.213 e. The fourth-order valence-electron chi connectivity index (χ4n) is 2.96. The van der Waals surface area contributed by atoms with Crippen LogP contribution in [-0.2, 0) is 11.2 Å². The summed E-state index contributed by atoms with van der Waals surface area (Å²) >= 11 is 0. The summed E-state index contributed by atoms with van der Waals surface area (Å²) in [7, 11) is 0. The zero-order valence-corrected chi connectivity index (χ0v) is 13.9. The van der Waals surface area contributed by atoms with Crippen LogP contribution in [0.5, 0.6) is 5.75 Å². The van der Waals surface area contributed by atoms with Crippen LogP contribution in [0, 0.1) is 0 Å². The molecule has 1 N–H and O–H groups in total. The van der Waals surface area contributed by atoms with Crippen LogP contribution in [0.25, 0.3) is 0 Å². The maximum absolute atomic E-state index is 11.2. The van der Waals surface area contributed by atoms with Crippen molar-refractivity contribution in [3.8, 4) is 5.75 Å². The summed E-state index contributed by atoms with van der Waals surface area (Å²) in [6.45, 7) is 4.13. The first kappa shape index (κ1) is 17.0. The van der Waals surface area contributed by atoms with Crippen molar-refractivity contribution in [2.75, 3.05) is 32.8 Å². The summed E-state index contributed by atoms with van der Waals surface area (Å²) in [5, 5.41) is 11.2. The van der Waals surface area contributed by atoms with Gasteiger partial charge in [-0.1, -0.05) is 48.5 Å². The Bertz CT molecular complexity index is 555. The molecule has 0 amide bonds. The third-order valence-corrected chi connectivity index (χ3v) is 4.30. The summed E-state index contributed by atoms with van der Waals surface area (Å²) in [5.41, 5.74) is 1.07. The number of morpholine rings is 1. The molecule has 1 saturated heterocycles. The van der Waals surface area contributed by atoms with Gasteiger partial charge in [-0.25, -0.2) is 0 Å². The molecule has 0 bridgehead atoms. The molecule has 2 aromatic rings. The highest BCUT2D eigenvalue weighted by Crippen LogP contribution is 2.24. The zero-order chi connectivity index (χ0) is 16.7. The van der Waals surface area contributed by atoms with Crippen LogP contribution in [0.2, 0.25) is 0 Å². The quantitative estimate of drug-likeness (QED) is 0.794. The van der Waals surface area contributed by atoms with Crippen molar-refractivity contribution in [1.82, 2.24) is 4.90 Å². The van der Waals surface area contributed by atoms with Gasteiger partial charge in [0.15, 0.2) is 0 Å². The third kappa shape index (κ3) is 5.06. The first-order valence-electron chi connectivity index (χ1n) is 8.54. The van der Waals surface area contributed by atoms with Crippen LogP contribution in [0.4, 0.5) is 0 Å². The fourth-order valence-corrected chi connectivity index (χ4v) is 2.96. The van der Waals surface area contributed by atoms with Crippen molar-refractivity contribution < 1.29 is 14.6 Å². The maximum atomic E-state index is 11.2. The van der Waals surface area contributed by atoms with E-state index >= 15 is 0 Å². The molecule has 3 rings (SSSR count). The Kier molecular flexibility index (Phi) is 5.86. The van der Waals surface area contributed by atoms with E-state index in [1.165, 1.54) is 0 Å². The van der Waals surface area contributed by atoms with Gasteiger partial charge in [-0.2, -0.15) is 0 Å². The Morgan fingerprint density at radius 1 is 0.958 bits per heavy atom. The van der Waals surface area contributed by atoms with E-state index in [4.69, 9.17) is 9.47 Å². The zero-order valence-electron chi connectivity index (χ0n) is 13.9. The van der Waals surface area contributed by atoms with Gasteiger partial charge < -0.3 is 14.6 Å². The van der Waals surface area contributed by atoms with Crippen LogP contribution in [0.15, 0.2) is 60.7 Å². The molecule has 2 aromatic carbocycles. The van der Waals surface area contributed by atoms with E-state index < -0.39 is 5.79 Å². The molecule has 0 radical (unpaired) electrons. The van der Waals surface area contributed by atoms with Crippen molar-refractivity contribution in [2.45, 2.75) is 18.6 Å². The normalized spacial score (nSPS) is 18.0. The van der Waals surface area contributed by atoms with Gasteiger partial charge in [0.1, 0.15) is 5.75 Å². The van der Waals surface area contributed by atoms with Gasteiger partial charge in [0.2, 0.25) is 5.79 Å². The Balaban J connectivity index is 1.69. The van der Waals surface area contributed by atoms with E-state index in [0.717, 1.165) is 38.4 Å². The van der Waals surface area contributed by atoms with E-state index in [2.05, 4.69) is 4.90 Å². The molecule has 1 aliphatic heterocycles. The topological polar surface area (TPSA) is 41.9 Å². The van der Waals surface area contributed by atoms with Crippen molar-refractivity contribution in [1.29, 1.82) is 0 Å². The van der Waals surface area contributed by atoms with E-state index in [1.54, 1.807) is 0 Å². The molecule has 1 aliphatic rings. The third-order valence-electron chi connectivity index (χ3n) is 4.30. The number of para-hydroxylation sites is 1.